The molecule has 0 saturated carbocycles. The van der Waals surface area contributed by atoms with Crippen LogP contribution < -0.4 is 4.74 Å². The number of rotatable bonds is 5. The van der Waals surface area contributed by atoms with Crippen LogP contribution >= 0.6 is 0 Å². The second-order valence-corrected chi connectivity index (χ2v) is 5.75. The number of likely N-dealkylation sites (tertiary alicyclic amines) is 1. The summed E-state index contributed by atoms with van der Waals surface area (Å²) in [7, 11) is 0. The van der Waals surface area contributed by atoms with E-state index in [4.69, 9.17) is 9.84 Å². The van der Waals surface area contributed by atoms with Crippen LogP contribution in [-0.2, 0) is 11.4 Å². The van der Waals surface area contributed by atoms with Crippen LogP contribution in [0.3, 0.4) is 0 Å². The molecule has 1 atom stereocenters. The highest BCUT2D eigenvalue weighted by molar-refractivity contribution is 5.95. The molecular formula is C18H18N2O4. The van der Waals surface area contributed by atoms with Crippen molar-refractivity contribution in [3.63, 3.8) is 0 Å². The fraction of sp³-hybridized carbons (Fsp3) is 0.278. The smallest absolute Gasteiger partial charge is 0.308 e. The van der Waals surface area contributed by atoms with Crippen LogP contribution in [0.5, 0.6) is 5.75 Å². The van der Waals surface area contributed by atoms with Crippen molar-refractivity contribution in [2.24, 2.45) is 5.92 Å². The quantitative estimate of drug-likeness (QED) is 0.911. The first-order valence-electron chi connectivity index (χ1n) is 7.77. The van der Waals surface area contributed by atoms with Crippen molar-refractivity contribution in [1.82, 2.24) is 9.88 Å². The van der Waals surface area contributed by atoms with Gasteiger partial charge in [-0.2, -0.15) is 0 Å². The lowest BCUT2D eigenvalue weighted by atomic mass is 10.1. The van der Waals surface area contributed by atoms with Crippen molar-refractivity contribution in [3.05, 3.63) is 59.9 Å². The van der Waals surface area contributed by atoms with E-state index < -0.39 is 11.9 Å². The SMILES string of the molecule is O=C(O)[C@@H]1CCN(C(=O)c2cccc(OCc3cccnc3)c2)C1. The first-order valence-corrected chi connectivity index (χ1v) is 7.77. The monoisotopic (exact) mass is 326 g/mol. The highest BCUT2D eigenvalue weighted by atomic mass is 16.5. The number of hydrogen-bond donors (Lipinski definition) is 1. The van der Waals surface area contributed by atoms with Gasteiger partial charge in [-0.05, 0) is 30.7 Å². The fourth-order valence-corrected chi connectivity index (χ4v) is 2.70. The first-order chi connectivity index (χ1) is 11.6. The Kier molecular flexibility index (Phi) is 4.74. The third kappa shape index (κ3) is 3.71. The van der Waals surface area contributed by atoms with Gasteiger partial charge in [-0.25, -0.2) is 0 Å². The van der Waals surface area contributed by atoms with Gasteiger partial charge in [0.05, 0.1) is 5.92 Å². The normalized spacial score (nSPS) is 16.8. The molecule has 1 aliphatic heterocycles. The maximum absolute atomic E-state index is 12.5. The molecule has 2 heterocycles. The van der Waals surface area contributed by atoms with E-state index in [0.29, 0.717) is 30.9 Å². The third-order valence-electron chi connectivity index (χ3n) is 4.03. The first kappa shape index (κ1) is 16.0. The number of ether oxygens (including phenoxy) is 1. The van der Waals surface area contributed by atoms with Gasteiger partial charge in [0.2, 0.25) is 0 Å². The van der Waals surface area contributed by atoms with Crippen LogP contribution in [0.4, 0.5) is 0 Å². The molecule has 0 aliphatic carbocycles. The second kappa shape index (κ2) is 7.12. The number of carboxylic acid groups (broad SMARTS) is 1. The molecule has 1 aliphatic rings. The zero-order chi connectivity index (χ0) is 16.9. The summed E-state index contributed by atoms with van der Waals surface area (Å²) in [6.45, 7) is 1.10. The minimum atomic E-state index is -0.848. The van der Waals surface area contributed by atoms with Crippen molar-refractivity contribution in [3.8, 4) is 5.75 Å². The maximum atomic E-state index is 12.5. The number of amides is 1. The molecule has 1 aromatic heterocycles. The summed E-state index contributed by atoms with van der Waals surface area (Å²) < 4.78 is 5.70. The van der Waals surface area contributed by atoms with E-state index in [9.17, 15) is 9.59 Å². The number of aliphatic carboxylic acids is 1. The van der Waals surface area contributed by atoms with E-state index in [2.05, 4.69) is 4.98 Å². The molecule has 3 rings (SSSR count). The van der Waals surface area contributed by atoms with Gasteiger partial charge in [-0.3, -0.25) is 14.6 Å². The second-order valence-electron chi connectivity index (χ2n) is 5.75. The minimum Gasteiger partial charge on any atom is -0.489 e. The zero-order valence-electron chi connectivity index (χ0n) is 13.1. The van der Waals surface area contributed by atoms with Gasteiger partial charge in [-0.1, -0.05) is 12.1 Å². The molecule has 24 heavy (non-hydrogen) atoms. The average Bonchev–Trinajstić information content (AvgIpc) is 3.11. The minimum absolute atomic E-state index is 0.162. The third-order valence-corrected chi connectivity index (χ3v) is 4.03. The van der Waals surface area contributed by atoms with Gasteiger partial charge >= 0.3 is 5.97 Å². The molecular weight excluding hydrogens is 308 g/mol. The lowest BCUT2D eigenvalue weighted by molar-refractivity contribution is -0.141. The molecule has 1 fully saturated rings. The van der Waals surface area contributed by atoms with Crippen LogP contribution in [0.1, 0.15) is 22.3 Å². The molecule has 1 saturated heterocycles. The maximum Gasteiger partial charge on any atom is 0.308 e. The number of benzene rings is 1. The van der Waals surface area contributed by atoms with E-state index in [0.717, 1.165) is 5.56 Å². The van der Waals surface area contributed by atoms with E-state index in [1.54, 1.807) is 41.6 Å². The lowest BCUT2D eigenvalue weighted by Gasteiger charge is -2.16. The van der Waals surface area contributed by atoms with Crippen LogP contribution in [0.25, 0.3) is 0 Å². The summed E-state index contributed by atoms with van der Waals surface area (Å²) >= 11 is 0. The molecule has 0 radical (unpaired) electrons. The summed E-state index contributed by atoms with van der Waals surface area (Å²) in [5.74, 6) is -0.887. The molecule has 1 amide bonds. The number of carboxylic acids is 1. The largest absolute Gasteiger partial charge is 0.489 e. The zero-order valence-corrected chi connectivity index (χ0v) is 13.1. The predicted molar refractivity (Wildman–Crippen MR) is 86.7 cm³/mol. The molecule has 2 aromatic rings. The number of nitrogens with zero attached hydrogens (tertiary/aromatic N) is 2. The van der Waals surface area contributed by atoms with Crippen molar-refractivity contribution >= 4 is 11.9 Å². The highest BCUT2D eigenvalue weighted by Gasteiger charge is 2.31. The Hall–Kier alpha value is -2.89. The van der Waals surface area contributed by atoms with Gasteiger partial charge in [0.1, 0.15) is 12.4 Å². The summed E-state index contributed by atoms with van der Waals surface area (Å²) in [5.41, 5.74) is 1.45. The van der Waals surface area contributed by atoms with Gasteiger partial charge in [0, 0.05) is 36.6 Å². The van der Waals surface area contributed by atoms with Crippen molar-refractivity contribution in [2.45, 2.75) is 13.0 Å². The fourth-order valence-electron chi connectivity index (χ4n) is 2.70. The molecule has 0 bridgehead atoms. The van der Waals surface area contributed by atoms with Crippen molar-refractivity contribution in [2.75, 3.05) is 13.1 Å². The van der Waals surface area contributed by atoms with Gasteiger partial charge in [-0.15, -0.1) is 0 Å². The Morgan fingerprint density at radius 2 is 2.17 bits per heavy atom. The van der Waals surface area contributed by atoms with E-state index in [1.807, 2.05) is 12.1 Å². The summed E-state index contributed by atoms with van der Waals surface area (Å²) in [5, 5.41) is 9.04. The Morgan fingerprint density at radius 1 is 1.29 bits per heavy atom. The van der Waals surface area contributed by atoms with Crippen molar-refractivity contribution < 1.29 is 19.4 Å². The van der Waals surface area contributed by atoms with Crippen LogP contribution in [0, 0.1) is 5.92 Å². The Morgan fingerprint density at radius 3 is 2.88 bits per heavy atom. The molecule has 124 valence electrons. The summed E-state index contributed by atoms with van der Waals surface area (Å²) in [6.07, 6.45) is 3.92. The van der Waals surface area contributed by atoms with Crippen LogP contribution in [0.15, 0.2) is 48.8 Å². The Balaban J connectivity index is 1.64. The number of carbonyl (C=O) groups is 2. The summed E-state index contributed by atoms with van der Waals surface area (Å²) in [6, 6.07) is 10.7. The topological polar surface area (TPSA) is 79.7 Å². The number of carbonyl (C=O) groups excluding carboxylic acids is 1. The van der Waals surface area contributed by atoms with Crippen LogP contribution in [0.2, 0.25) is 0 Å². The number of aromatic nitrogens is 1. The molecule has 1 aromatic carbocycles. The highest BCUT2D eigenvalue weighted by Crippen LogP contribution is 2.21. The molecule has 0 unspecified atom stereocenters. The summed E-state index contributed by atoms with van der Waals surface area (Å²) in [4.78, 5) is 29.1. The van der Waals surface area contributed by atoms with E-state index >= 15 is 0 Å². The molecule has 6 heteroatoms. The van der Waals surface area contributed by atoms with E-state index in [-0.39, 0.29) is 12.5 Å². The van der Waals surface area contributed by atoms with Crippen LogP contribution in [-0.4, -0.2) is 40.0 Å². The Bertz CT molecular complexity index is 733. The number of pyridine rings is 1. The van der Waals surface area contributed by atoms with Gasteiger partial charge in [0.15, 0.2) is 0 Å². The number of hydrogen-bond acceptors (Lipinski definition) is 4. The standard InChI is InChI=1S/C18H18N2O4/c21-17(20-8-6-15(11-20)18(22)23)14-4-1-5-16(9-14)24-12-13-3-2-7-19-10-13/h1-5,7,9-10,15H,6,8,11-12H2,(H,22,23)/t15-/m1/s1. The predicted octanol–water partition coefficient (Wildman–Crippen LogP) is 2.21. The molecule has 1 N–H and O–H groups in total. The lowest BCUT2D eigenvalue weighted by Crippen LogP contribution is -2.29. The van der Waals surface area contributed by atoms with Gasteiger partial charge in [0.25, 0.3) is 5.91 Å². The van der Waals surface area contributed by atoms with Gasteiger partial charge < -0.3 is 14.7 Å². The average molecular weight is 326 g/mol. The molecule has 0 spiro atoms. The van der Waals surface area contributed by atoms with Crippen molar-refractivity contribution in [1.29, 1.82) is 0 Å². The van der Waals surface area contributed by atoms with E-state index in [1.165, 1.54) is 0 Å². The Labute approximate surface area is 139 Å². The molecule has 6 nitrogen and oxygen atoms in total.